The quantitative estimate of drug-likeness (QED) is 0.751. The molecule has 1 fully saturated rings. The van der Waals surface area contributed by atoms with Gasteiger partial charge in [-0.3, -0.25) is 4.79 Å². The SMILES string of the molecule is CC1CCCC(OCCC(=O)c2ccc(F)cc2)C1. The van der Waals surface area contributed by atoms with Crippen LogP contribution >= 0.6 is 0 Å². The number of hydrogen-bond acceptors (Lipinski definition) is 2. The molecular weight excluding hydrogens is 243 g/mol. The molecule has 2 rings (SSSR count). The second-order valence-corrected chi connectivity index (χ2v) is 5.44. The number of benzene rings is 1. The third-order valence-electron chi connectivity index (χ3n) is 3.74. The van der Waals surface area contributed by atoms with E-state index in [9.17, 15) is 9.18 Å². The molecule has 0 N–H and O–H groups in total. The first-order valence-corrected chi connectivity index (χ1v) is 7.05. The van der Waals surface area contributed by atoms with Crippen molar-refractivity contribution in [2.24, 2.45) is 5.92 Å². The molecule has 1 aliphatic carbocycles. The molecule has 2 atom stereocenters. The predicted molar refractivity (Wildman–Crippen MR) is 72.7 cm³/mol. The second-order valence-electron chi connectivity index (χ2n) is 5.44. The zero-order valence-electron chi connectivity index (χ0n) is 11.4. The number of carbonyl (C=O) groups excluding carboxylic acids is 1. The fourth-order valence-electron chi connectivity index (χ4n) is 2.63. The number of rotatable bonds is 5. The average Bonchev–Trinajstić information content (AvgIpc) is 2.39. The van der Waals surface area contributed by atoms with Crippen molar-refractivity contribution in [1.82, 2.24) is 0 Å². The molecule has 1 aromatic rings. The first-order valence-electron chi connectivity index (χ1n) is 7.05. The van der Waals surface area contributed by atoms with Crippen LogP contribution in [-0.4, -0.2) is 18.5 Å². The largest absolute Gasteiger partial charge is 0.378 e. The molecule has 1 aromatic carbocycles. The van der Waals surface area contributed by atoms with Gasteiger partial charge >= 0.3 is 0 Å². The average molecular weight is 264 g/mol. The van der Waals surface area contributed by atoms with E-state index < -0.39 is 0 Å². The van der Waals surface area contributed by atoms with Crippen molar-refractivity contribution in [3.63, 3.8) is 0 Å². The molecule has 0 amide bonds. The highest BCUT2D eigenvalue weighted by molar-refractivity contribution is 5.96. The Labute approximate surface area is 114 Å². The molecular formula is C16H21FO2. The van der Waals surface area contributed by atoms with Gasteiger partial charge in [-0.1, -0.05) is 19.8 Å². The van der Waals surface area contributed by atoms with Crippen LogP contribution in [0.2, 0.25) is 0 Å². The molecule has 0 bridgehead atoms. The Morgan fingerprint density at radius 1 is 1.32 bits per heavy atom. The van der Waals surface area contributed by atoms with Gasteiger partial charge in [-0.05, 0) is 43.0 Å². The lowest BCUT2D eigenvalue weighted by Crippen LogP contribution is -2.22. The van der Waals surface area contributed by atoms with Crippen LogP contribution in [0.5, 0.6) is 0 Å². The van der Waals surface area contributed by atoms with Gasteiger partial charge in [0.25, 0.3) is 0 Å². The van der Waals surface area contributed by atoms with Gasteiger partial charge in [0.05, 0.1) is 12.7 Å². The van der Waals surface area contributed by atoms with Gasteiger partial charge in [0.1, 0.15) is 5.82 Å². The Morgan fingerprint density at radius 2 is 2.05 bits per heavy atom. The van der Waals surface area contributed by atoms with Crippen molar-refractivity contribution in [1.29, 1.82) is 0 Å². The summed E-state index contributed by atoms with van der Waals surface area (Å²) < 4.78 is 18.5. The zero-order valence-corrected chi connectivity index (χ0v) is 11.4. The Kier molecular flexibility index (Phi) is 5.08. The normalized spacial score (nSPS) is 23.3. The monoisotopic (exact) mass is 264 g/mol. The highest BCUT2D eigenvalue weighted by atomic mass is 19.1. The van der Waals surface area contributed by atoms with Crippen LogP contribution in [0.25, 0.3) is 0 Å². The molecule has 0 heterocycles. The van der Waals surface area contributed by atoms with Crippen molar-refractivity contribution in [2.75, 3.05) is 6.61 Å². The lowest BCUT2D eigenvalue weighted by atomic mass is 9.89. The molecule has 2 unspecified atom stereocenters. The minimum atomic E-state index is -0.316. The summed E-state index contributed by atoms with van der Waals surface area (Å²) in [7, 11) is 0. The Morgan fingerprint density at radius 3 is 2.74 bits per heavy atom. The Bertz CT molecular complexity index is 413. The van der Waals surface area contributed by atoms with E-state index in [0.717, 1.165) is 18.8 Å². The van der Waals surface area contributed by atoms with Crippen molar-refractivity contribution >= 4 is 5.78 Å². The lowest BCUT2D eigenvalue weighted by Gasteiger charge is -2.26. The van der Waals surface area contributed by atoms with E-state index in [1.165, 1.54) is 37.1 Å². The van der Waals surface area contributed by atoms with E-state index in [-0.39, 0.29) is 11.6 Å². The highest BCUT2D eigenvalue weighted by Crippen LogP contribution is 2.25. The molecule has 19 heavy (non-hydrogen) atoms. The smallest absolute Gasteiger partial charge is 0.165 e. The minimum Gasteiger partial charge on any atom is -0.378 e. The van der Waals surface area contributed by atoms with Gasteiger partial charge in [0.2, 0.25) is 0 Å². The number of carbonyl (C=O) groups is 1. The number of ketones is 1. The van der Waals surface area contributed by atoms with Gasteiger partial charge in [0, 0.05) is 12.0 Å². The summed E-state index contributed by atoms with van der Waals surface area (Å²) in [6.07, 6.45) is 5.40. The summed E-state index contributed by atoms with van der Waals surface area (Å²) in [6.45, 7) is 2.72. The number of Topliss-reactive ketones (excluding diaryl/α,β-unsaturated/α-hetero) is 1. The number of halogens is 1. The Hall–Kier alpha value is -1.22. The number of hydrogen-bond donors (Lipinski definition) is 0. The highest BCUT2D eigenvalue weighted by Gasteiger charge is 2.19. The summed E-state index contributed by atoms with van der Waals surface area (Å²) in [5.74, 6) is 0.430. The summed E-state index contributed by atoms with van der Waals surface area (Å²) in [6, 6.07) is 5.69. The zero-order chi connectivity index (χ0) is 13.7. The molecule has 0 aromatic heterocycles. The van der Waals surface area contributed by atoms with Crippen molar-refractivity contribution in [3.05, 3.63) is 35.6 Å². The summed E-state index contributed by atoms with van der Waals surface area (Å²) in [4.78, 5) is 11.9. The van der Waals surface area contributed by atoms with E-state index in [2.05, 4.69) is 6.92 Å². The summed E-state index contributed by atoms with van der Waals surface area (Å²) >= 11 is 0. The van der Waals surface area contributed by atoms with Crippen LogP contribution in [0.1, 0.15) is 49.4 Å². The van der Waals surface area contributed by atoms with E-state index in [1.807, 2.05) is 0 Å². The fraction of sp³-hybridized carbons (Fsp3) is 0.562. The van der Waals surface area contributed by atoms with Crippen LogP contribution in [0.15, 0.2) is 24.3 Å². The molecule has 1 saturated carbocycles. The van der Waals surface area contributed by atoms with Crippen molar-refractivity contribution in [3.8, 4) is 0 Å². The van der Waals surface area contributed by atoms with Gasteiger partial charge in [-0.25, -0.2) is 4.39 Å². The van der Waals surface area contributed by atoms with Crippen LogP contribution in [0.4, 0.5) is 4.39 Å². The van der Waals surface area contributed by atoms with Gasteiger partial charge in [-0.2, -0.15) is 0 Å². The van der Waals surface area contributed by atoms with E-state index in [0.29, 0.717) is 24.7 Å². The van der Waals surface area contributed by atoms with E-state index in [1.54, 1.807) is 0 Å². The third-order valence-corrected chi connectivity index (χ3v) is 3.74. The maximum Gasteiger partial charge on any atom is 0.165 e. The van der Waals surface area contributed by atoms with Crippen molar-refractivity contribution < 1.29 is 13.9 Å². The number of ether oxygens (including phenoxy) is 1. The van der Waals surface area contributed by atoms with Gasteiger partial charge < -0.3 is 4.74 Å². The van der Waals surface area contributed by atoms with Gasteiger partial charge in [-0.15, -0.1) is 0 Å². The first-order chi connectivity index (χ1) is 9.15. The van der Waals surface area contributed by atoms with Gasteiger partial charge in [0.15, 0.2) is 5.78 Å². The molecule has 0 aliphatic heterocycles. The molecule has 0 radical (unpaired) electrons. The first kappa shape index (κ1) is 14.2. The maximum absolute atomic E-state index is 12.7. The summed E-state index contributed by atoms with van der Waals surface area (Å²) in [5, 5.41) is 0. The molecule has 3 heteroatoms. The standard InChI is InChI=1S/C16H21FO2/c1-12-3-2-4-15(11-12)19-10-9-16(18)13-5-7-14(17)8-6-13/h5-8,12,15H,2-4,9-11H2,1H3. The molecule has 1 aliphatic rings. The minimum absolute atomic E-state index is 0.0175. The van der Waals surface area contributed by atoms with Crippen LogP contribution in [-0.2, 0) is 4.74 Å². The van der Waals surface area contributed by atoms with Crippen LogP contribution in [0.3, 0.4) is 0 Å². The second kappa shape index (κ2) is 6.80. The van der Waals surface area contributed by atoms with Crippen molar-refractivity contribution in [2.45, 2.75) is 45.1 Å². The van der Waals surface area contributed by atoms with Crippen LogP contribution in [0, 0.1) is 11.7 Å². The maximum atomic E-state index is 12.7. The lowest BCUT2D eigenvalue weighted by molar-refractivity contribution is 0.0153. The van der Waals surface area contributed by atoms with E-state index in [4.69, 9.17) is 4.74 Å². The molecule has 2 nitrogen and oxygen atoms in total. The van der Waals surface area contributed by atoms with E-state index >= 15 is 0 Å². The topological polar surface area (TPSA) is 26.3 Å². The molecule has 104 valence electrons. The molecule has 0 spiro atoms. The third kappa shape index (κ3) is 4.43. The van der Waals surface area contributed by atoms with Crippen LogP contribution < -0.4 is 0 Å². The summed E-state index contributed by atoms with van der Waals surface area (Å²) in [5.41, 5.74) is 0.557. The Balaban J connectivity index is 1.73. The molecule has 0 saturated heterocycles. The fourth-order valence-corrected chi connectivity index (χ4v) is 2.63. The predicted octanol–water partition coefficient (Wildman–Crippen LogP) is 3.99.